The molecule has 1 atom stereocenters. The van der Waals surface area contributed by atoms with Crippen molar-refractivity contribution < 1.29 is 13.2 Å². The molecule has 0 spiro atoms. The van der Waals surface area contributed by atoms with Gasteiger partial charge in [-0.2, -0.15) is 13.2 Å². The van der Waals surface area contributed by atoms with Gasteiger partial charge in [0, 0.05) is 12.7 Å². The van der Waals surface area contributed by atoms with Crippen molar-refractivity contribution >= 4 is 5.82 Å². The van der Waals surface area contributed by atoms with Crippen LogP contribution in [0.1, 0.15) is 17.2 Å². The van der Waals surface area contributed by atoms with Crippen molar-refractivity contribution in [2.75, 3.05) is 11.9 Å². The molecule has 0 aliphatic carbocycles. The van der Waals surface area contributed by atoms with Gasteiger partial charge in [0.25, 0.3) is 0 Å². The van der Waals surface area contributed by atoms with Crippen LogP contribution in [0.15, 0.2) is 48.7 Å². The van der Waals surface area contributed by atoms with Crippen LogP contribution in [0.25, 0.3) is 0 Å². The molecule has 20 heavy (non-hydrogen) atoms. The molecule has 0 saturated carbocycles. The lowest BCUT2D eigenvalue weighted by molar-refractivity contribution is -0.137. The van der Waals surface area contributed by atoms with Crippen LogP contribution >= 0.6 is 0 Å². The average Bonchev–Trinajstić information content (AvgIpc) is 2.45. The van der Waals surface area contributed by atoms with Crippen molar-refractivity contribution in [1.29, 1.82) is 0 Å². The van der Waals surface area contributed by atoms with Crippen LogP contribution < -0.4 is 11.1 Å². The molecule has 106 valence electrons. The SMILES string of the molecule is NCC(Nc1cc(C(F)(F)F)ccn1)c1ccccc1. The first-order chi connectivity index (χ1) is 9.50. The van der Waals surface area contributed by atoms with Gasteiger partial charge in [-0.25, -0.2) is 4.98 Å². The number of hydrogen-bond acceptors (Lipinski definition) is 3. The van der Waals surface area contributed by atoms with Gasteiger partial charge in [0.05, 0.1) is 11.6 Å². The molecule has 1 heterocycles. The van der Waals surface area contributed by atoms with Crippen LogP contribution in [-0.2, 0) is 6.18 Å². The number of hydrogen-bond donors (Lipinski definition) is 2. The van der Waals surface area contributed by atoms with Crippen LogP contribution in [0.2, 0.25) is 0 Å². The lowest BCUT2D eigenvalue weighted by Crippen LogP contribution is -2.21. The molecule has 0 radical (unpaired) electrons. The lowest BCUT2D eigenvalue weighted by atomic mass is 10.1. The Morgan fingerprint density at radius 3 is 2.45 bits per heavy atom. The smallest absolute Gasteiger partial charge is 0.362 e. The van der Waals surface area contributed by atoms with E-state index in [1.54, 1.807) is 0 Å². The molecule has 0 bridgehead atoms. The monoisotopic (exact) mass is 281 g/mol. The second-order valence-corrected chi connectivity index (χ2v) is 4.27. The number of halogens is 3. The molecule has 0 amide bonds. The van der Waals surface area contributed by atoms with Gasteiger partial charge in [0.2, 0.25) is 0 Å². The summed E-state index contributed by atoms with van der Waals surface area (Å²) < 4.78 is 37.9. The molecule has 0 aliphatic rings. The number of rotatable bonds is 4. The second-order valence-electron chi connectivity index (χ2n) is 4.27. The highest BCUT2D eigenvalue weighted by Gasteiger charge is 2.30. The number of nitrogens with two attached hydrogens (primary N) is 1. The van der Waals surface area contributed by atoms with Crippen molar-refractivity contribution in [1.82, 2.24) is 4.98 Å². The van der Waals surface area contributed by atoms with Crippen molar-refractivity contribution in [3.05, 3.63) is 59.8 Å². The molecule has 0 aliphatic heterocycles. The molecule has 2 rings (SSSR count). The van der Waals surface area contributed by atoms with Gasteiger partial charge in [0.15, 0.2) is 0 Å². The third-order valence-corrected chi connectivity index (χ3v) is 2.85. The predicted molar refractivity (Wildman–Crippen MR) is 71.1 cm³/mol. The first-order valence-electron chi connectivity index (χ1n) is 6.05. The van der Waals surface area contributed by atoms with Crippen LogP contribution in [0.4, 0.5) is 19.0 Å². The Hall–Kier alpha value is -2.08. The number of aromatic nitrogens is 1. The van der Waals surface area contributed by atoms with Gasteiger partial charge in [-0.1, -0.05) is 30.3 Å². The van der Waals surface area contributed by atoms with E-state index >= 15 is 0 Å². The fourth-order valence-corrected chi connectivity index (χ4v) is 1.83. The Balaban J connectivity index is 2.20. The molecule has 6 heteroatoms. The average molecular weight is 281 g/mol. The molecule has 1 aromatic carbocycles. The Bertz CT molecular complexity index is 555. The van der Waals surface area contributed by atoms with E-state index in [2.05, 4.69) is 10.3 Å². The number of nitrogens with zero attached hydrogens (tertiary/aromatic N) is 1. The fraction of sp³-hybridized carbons (Fsp3) is 0.214. The summed E-state index contributed by atoms with van der Waals surface area (Å²) in [6, 6.07) is 10.9. The van der Waals surface area contributed by atoms with E-state index in [0.717, 1.165) is 23.9 Å². The Morgan fingerprint density at radius 1 is 1.15 bits per heavy atom. The Kier molecular flexibility index (Phi) is 4.24. The zero-order chi connectivity index (χ0) is 14.6. The van der Waals surface area contributed by atoms with Gasteiger partial charge >= 0.3 is 6.18 Å². The number of benzene rings is 1. The number of pyridine rings is 1. The van der Waals surface area contributed by atoms with E-state index in [1.807, 2.05) is 30.3 Å². The summed E-state index contributed by atoms with van der Waals surface area (Å²) >= 11 is 0. The number of alkyl halides is 3. The first-order valence-corrected chi connectivity index (χ1v) is 6.05. The maximum atomic E-state index is 12.6. The Morgan fingerprint density at radius 2 is 1.85 bits per heavy atom. The third-order valence-electron chi connectivity index (χ3n) is 2.85. The van der Waals surface area contributed by atoms with Crippen molar-refractivity contribution in [3.8, 4) is 0 Å². The lowest BCUT2D eigenvalue weighted by Gasteiger charge is -2.18. The highest BCUT2D eigenvalue weighted by Crippen LogP contribution is 2.30. The summed E-state index contributed by atoms with van der Waals surface area (Å²) in [6.45, 7) is 0.252. The van der Waals surface area contributed by atoms with Crippen LogP contribution in [0.5, 0.6) is 0 Å². The minimum atomic E-state index is -4.38. The highest BCUT2D eigenvalue weighted by molar-refractivity contribution is 5.41. The summed E-state index contributed by atoms with van der Waals surface area (Å²) in [4.78, 5) is 3.90. The van der Waals surface area contributed by atoms with Gasteiger partial charge in [-0.05, 0) is 17.7 Å². The second kappa shape index (κ2) is 5.92. The maximum Gasteiger partial charge on any atom is 0.416 e. The number of nitrogens with one attached hydrogen (secondary N) is 1. The van der Waals surface area contributed by atoms with E-state index in [9.17, 15) is 13.2 Å². The van der Waals surface area contributed by atoms with Gasteiger partial charge < -0.3 is 11.1 Å². The molecule has 3 N–H and O–H groups in total. The molecule has 1 aromatic heterocycles. The zero-order valence-electron chi connectivity index (χ0n) is 10.6. The molecular formula is C14H14F3N3. The summed E-state index contributed by atoms with van der Waals surface area (Å²) in [5, 5.41) is 2.92. The van der Waals surface area contributed by atoms with E-state index in [1.165, 1.54) is 0 Å². The molecule has 2 aromatic rings. The molecule has 0 fully saturated rings. The Labute approximate surface area is 114 Å². The van der Waals surface area contributed by atoms with E-state index in [-0.39, 0.29) is 18.4 Å². The topological polar surface area (TPSA) is 50.9 Å². The fourth-order valence-electron chi connectivity index (χ4n) is 1.83. The van der Waals surface area contributed by atoms with E-state index in [0.29, 0.717) is 0 Å². The maximum absolute atomic E-state index is 12.6. The van der Waals surface area contributed by atoms with Crippen molar-refractivity contribution in [2.24, 2.45) is 5.73 Å². The van der Waals surface area contributed by atoms with E-state index < -0.39 is 11.7 Å². The standard InChI is InChI=1S/C14H14F3N3/c15-14(16,17)11-6-7-19-13(8-11)20-12(9-18)10-4-2-1-3-5-10/h1-8,12H,9,18H2,(H,19,20). The minimum Gasteiger partial charge on any atom is -0.362 e. The molecule has 1 unspecified atom stereocenters. The molecular weight excluding hydrogens is 267 g/mol. The minimum absolute atomic E-state index is 0.152. The van der Waals surface area contributed by atoms with Crippen LogP contribution in [0.3, 0.4) is 0 Å². The van der Waals surface area contributed by atoms with E-state index in [4.69, 9.17) is 5.73 Å². The van der Waals surface area contributed by atoms with Gasteiger partial charge in [-0.3, -0.25) is 0 Å². The predicted octanol–water partition coefficient (Wildman–Crippen LogP) is 3.21. The molecule has 3 nitrogen and oxygen atoms in total. The normalized spacial score (nSPS) is 13.0. The summed E-state index contributed by atoms with van der Waals surface area (Å²) in [5.74, 6) is 0.152. The summed E-state index contributed by atoms with van der Waals surface area (Å²) in [6.07, 6.45) is -3.26. The van der Waals surface area contributed by atoms with Crippen molar-refractivity contribution in [3.63, 3.8) is 0 Å². The summed E-state index contributed by atoms with van der Waals surface area (Å²) in [7, 11) is 0. The largest absolute Gasteiger partial charge is 0.416 e. The summed E-state index contributed by atoms with van der Waals surface area (Å²) in [5.41, 5.74) is 5.82. The zero-order valence-corrected chi connectivity index (χ0v) is 10.6. The molecule has 0 saturated heterocycles. The quantitative estimate of drug-likeness (QED) is 0.904. The van der Waals surface area contributed by atoms with Crippen molar-refractivity contribution in [2.45, 2.75) is 12.2 Å². The number of anilines is 1. The highest BCUT2D eigenvalue weighted by atomic mass is 19.4. The van der Waals surface area contributed by atoms with Gasteiger partial charge in [-0.15, -0.1) is 0 Å². The third kappa shape index (κ3) is 3.48. The van der Waals surface area contributed by atoms with Gasteiger partial charge in [0.1, 0.15) is 5.82 Å². The first kappa shape index (κ1) is 14.3. The van der Waals surface area contributed by atoms with Crippen LogP contribution in [0, 0.1) is 0 Å². The van der Waals surface area contributed by atoms with Crippen LogP contribution in [-0.4, -0.2) is 11.5 Å².